The van der Waals surface area contributed by atoms with E-state index < -0.39 is 0 Å². The average molecular weight is 186 g/mol. The molecule has 0 aliphatic heterocycles. The Labute approximate surface area is 79.3 Å². The normalized spacial score (nSPS) is 9.46. The van der Waals surface area contributed by atoms with Crippen LogP contribution in [0.15, 0.2) is 0 Å². The maximum Gasteiger partial charge on any atom is 0.231 e. The first kappa shape index (κ1) is 11.9. The quantitative estimate of drug-likeness (QED) is 0.631. The summed E-state index contributed by atoms with van der Waals surface area (Å²) < 4.78 is 0. The van der Waals surface area contributed by atoms with Crippen molar-refractivity contribution in [1.82, 2.24) is 10.2 Å². The van der Waals surface area contributed by atoms with Gasteiger partial charge >= 0.3 is 0 Å². The van der Waals surface area contributed by atoms with E-state index in [1.165, 1.54) is 7.05 Å². The molecular formula is C9H18N2O2. The van der Waals surface area contributed by atoms with Crippen LogP contribution in [0.25, 0.3) is 0 Å². The second kappa shape index (κ2) is 6.46. The van der Waals surface area contributed by atoms with Gasteiger partial charge in [0.25, 0.3) is 0 Å². The highest BCUT2D eigenvalue weighted by atomic mass is 16.2. The summed E-state index contributed by atoms with van der Waals surface area (Å²) in [5.74, 6) is -0.316. The van der Waals surface area contributed by atoms with Gasteiger partial charge in [-0.3, -0.25) is 9.59 Å². The summed E-state index contributed by atoms with van der Waals surface area (Å²) in [6, 6.07) is 0. The third-order valence-electron chi connectivity index (χ3n) is 1.82. The smallest absolute Gasteiger partial charge is 0.231 e. The molecule has 2 amide bonds. The number of hydrogen-bond donors (Lipinski definition) is 1. The Hall–Kier alpha value is -1.06. The van der Waals surface area contributed by atoms with Crippen LogP contribution in [-0.2, 0) is 9.59 Å². The van der Waals surface area contributed by atoms with Crippen molar-refractivity contribution in [2.24, 2.45) is 0 Å². The number of nitrogens with one attached hydrogen (secondary N) is 1. The zero-order valence-corrected chi connectivity index (χ0v) is 8.59. The lowest BCUT2D eigenvalue weighted by Gasteiger charge is -2.19. The average Bonchev–Trinajstić information content (AvgIpc) is 2.13. The third kappa shape index (κ3) is 4.50. The molecule has 0 heterocycles. The standard InChI is InChI=1S/C9H18N2O2/c1-4-6-11(5-2)9(13)7-8(12)10-3/h4-7H2,1-3H3,(H,10,12). The summed E-state index contributed by atoms with van der Waals surface area (Å²) in [5, 5.41) is 2.43. The van der Waals surface area contributed by atoms with E-state index in [4.69, 9.17) is 0 Å². The van der Waals surface area contributed by atoms with Gasteiger partial charge in [-0.25, -0.2) is 0 Å². The topological polar surface area (TPSA) is 49.4 Å². The van der Waals surface area contributed by atoms with Gasteiger partial charge in [0, 0.05) is 20.1 Å². The van der Waals surface area contributed by atoms with Crippen LogP contribution in [0, 0.1) is 0 Å². The van der Waals surface area contributed by atoms with Crippen LogP contribution in [0.5, 0.6) is 0 Å². The van der Waals surface area contributed by atoms with E-state index in [0.29, 0.717) is 6.54 Å². The molecule has 0 bridgehead atoms. The van der Waals surface area contributed by atoms with E-state index in [-0.39, 0.29) is 18.2 Å². The van der Waals surface area contributed by atoms with Crippen LogP contribution in [-0.4, -0.2) is 36.9 Å². The zero-order valence-electron chi connectivity index (χ0n) is 8.59. The second-order valence-corrected chi connectivity index (χ2v) is 2.82. The van der Waals surface area contributed by atoms with Gasteiger partial charge in [0.05, 0.1) is 0 Å². The molecule has 0 aromatic heterocycles. The molecule has 1 N–H and O–H groups in total. The monoisotopic (exact) mass is 186 g/mol. The van der Waals surface area contributed by atoms with E-state index in [1.54, 1.807) is 4.90 Å². The van der Waals surface area contributed by atoms with Crippen molar-refractivity contribution < 1.29 is 9.59 Å². The maximum absolute atomic E-state index is 11.4. The summed E-state index contributed by atoms with van der Waals surface area (Å²) in [7, 11) is 1.53. The molecule has 0 spiro atoms. The first-order valence-corrected chi connectivity index (χ1v) is 4.64. The first-order valence-electron chi connectivity index (χ1n) is 4.64. The van der Waals surface area contributed by atoms with Crippen molar-refractivity contribution >= 4 is 11.8 Å². The van der Waals surface area contributed by atoms with Crippen molar-refractivity contribution in [2.45, 2.75) is 26.7 Å². The number of rotatable bonds is 5. The molecule has 4 nitrogen and oxygen atoms in total. The molecule has 4 heteroatoms. The summed E-state index contributed by atoms with van der Waals surface area (Å²) in [6.45, 7) is 5.32. The van der Waals surface area contributed by atoms with Crippen molar-refractivity contribution in [3.05, 3.63) is 0 Å². The minimum atomic E-state index is -0.223. The van der Waals surface area contributed by atoms with Crippen LogP contribution in [0.1, 0.15) is 26.7 Å². The minimum absolute atomic E-state index is 0.0374. The van der Waals surface area contributed by atoms with Crippen LogP contribution in [0.3, 0.4) is 0 Å². The van der Waals surface area contributed by atoms with Gasteiger partial charge in [-0.1, -0.05) is 6.92 Å². The third-order valence-corrected chi connectivity index (χ3v) is 1.82. The fourth-order valence-electron chi connectivity index (χ4n) is 1.07. The van der Waals surface area contributed by atoms with E-state index in [2.05, 4.69) is 5.32 Å². The van der Waals surface area contributed by atoms with E-state index in [1.807, 2.05) is 13.8 Å². The van der Waals surface area contributed by atoms with E-state index in [0.717, 1.165) is 13.0 Å². The number of hydrogen-bond acceptors (Lipinski definition) is 2. The molecule has 76 valence electrons. The molecule has 0 aromatic carbocycles. The first-order chi connectivity index (χ1) is 6.15. The molecule has 0 unspecified atom stereocenters. The van der Waals surface area contributed by atoms with Gasteiger partial charge < -0.3 is 10.2 Å². The van der Waals surface area contributed by atoms with Crippen molar-refractivity contribution in [3.63, 3.8) is 0 Å². The molecule has 0 aliphatic carbocycles. The van der Waals surface area contributed by atoms with E-state index in [9.17, 15) is 9.59 Å². The van der Waals surface area contributed by atoms with Crippen LogP contribution in [0.2, 0.25) is 0 Å². The van der Waals surface area contributed by atoms with Crippen molar-refractivity contribution in [2.75, 3.05) is 20.1 Å². The van der Waals surface area contributed by atoms with Crippen molar-refractivity contribution in [3.8, 4) is 0 Å². The number of carbonyl (C=O) groups excluding carboxylic acids is 2. The molecule has 0 atom stereocenters. The van der Waals surface area contributed by atoms with E-state index >= 15 is 0 Å². The molecule has 0 rings (SSSR count). The Balaban J connectivity index is 3.98. The zero-order chi connectivity index (χ0) is 10.3. The summed E-state index contributed by atoms with van der Waals surface area (Å²) in [4.78, 5) is 24.0. The predicted octanol–water partition coefficient (Wildman–Crippen LogP) is 0.381. The van der Waals surface area contributed by atoms with Gasteiger partial charge in [0.1, 0.15) is 6.42 Å². The molecule has 0 saturated carbocycles. The Bertz CT molecular complexity index is 180. The maximum atomic E-state index is 11.4. The SMILES string of the molecule is CCCN(CC)C(=O)CC(=O)NC. The van der Waals surface area contributed by atoms with Crippen LogP contribution >= 0.6 is 0 Å². The van der Waals surface area contributed by atoms with Gasteiger partial charge in [0.2, 0.25) is 11.8 Å². The molecular weight excluding hydrogens is 168 g/mol. The van der Waals surface area contributed by atoms with Gasteiger partial charge in [0.15, 0.2) is 0 Å². The Morgan fingerprint density at radius 1 is 1.31 bits per heavy atom. The number of amides is 2. The van der Waals surface area contributed by atoms with Gasteiger partial charge in [-0.2, -0.15) is 0 Å². The van der Waals surface area contributed by atoms with Crippen molar-refractivity contribution in [1.29, 1.82) is 0 Å². The summed E-state index contributed by atoms with van der Waals surface area (Å²) in [5.41, 5.74) is 0. The van der Waals surface area contributed by atoms with Gasteiger partial charge in [-0.15, -0.1) is 0 Å². The minimum Gasteiger partial charge on any atom is -0.359 e. The highest BCUT2D eigenvalue weighted by molar-refractivity contribution is 5.96. The molecule has 0 aromatic rings. The lowest BCUT2D eigenvalue weighted by Crippen LogP contribution is -2.35. The largest absolute Gasteiger partial charge is 0.359 e. The second-order valence-electron chi connectivity index (χ2n) is 2.82. The van der Waals surface area contributed by atoms with Gasteiger partial charge in [-0.05, 0) is 13.3 Å². The predicted molar refractivity (Wildman–Crippen MR) is 51.2 cm³/mol. The van der Waals surface area contributed by atoms with Crippen LogP contribution < -0.4 is 5.32 Å². The Morgan fingerprint density at radius 3 is 2.31 bits per heavy atom. The molecule has 0 fully saturated rings. The highest BCUT2D eigenvalue weighted by Gasteiger charge is 2.13. The Morgan fingerprint density at radius 2 is 1.92 bits per heavy atom. The van der Waals surface area contributed by atoms with Crippen LogP contribution in [0.4, 0.5) is 0 Å². The fraction of sp³-hybridized carbons (Fsp3) is 0.778. The summed E-state index contributed by atoms with van der Waals surface area (Å²) in [6.07, 6.45) is 0.887. The fourth-order valence-corrected chi connectivity index (χ4v) is 1.07. The summed E-state index contributed by atoms with van der Waals surface area (Å²) >= 11 is 0. The molecule has 13 heavy (non-hydrogen) atoms. The molecule has 0 radical (unpaired) electrons. The number of nitrogens with zero attached hydrogens (tertiary/aromatic N) is 1. The number of carbonyl (C=O) groups is 2. The Kier molecular flexibility index (Phi) is 5.93. The lowest BCUT2D eigenvalue weighted by atomic mass is 10.3. The molecule has 0 saturated heterocycles. The highest BCUT2D eigenvalue weighted by Crippen LogP contribution is 1.95. The molecule has 0 aliphatic rings. The lowest BCUT2D eigenvalue weighted by molar-refractivity contribution is -0.135.